The Hall–Kier alpha value is -3.34. The van der Waals surface area contributed by atoms with Crippen LogP contribution in [0.3, 0.4) is 0 Å². The van der Waals surface area contributed by atoms with Gasteiger partial charge < -0.3 is 15.0 Å². The molecule has 26 heavy (non-hydrogen) atoms. The van der Waals surface area contributed by atoms with Gasteiger partial charge in [0.1, 0.15) is 6.61 Å². The van der Waals surface area contributed by atoms with Crippen LogP contribution in [-0.2, 0) is 11.3 Å². The van der Waals surface area contributed by atoms with Crippen molar-refractivity contribution in [2.45, 2.75) is 13.0 Å². The van der Waals surface area contributed by atoms with Gasteiger partial charge in [0.2, 0.25) is 0 Å². The number of carbonyl (C=O) groups is 2. The van der Waals surface area contributed by atoms with Crippen LogP contribution in [0.15, 0.2) is 60.8 Å². The minimum absolute atomic E-state index is 0.265. The standard InChI is InChI=1S/C21H20N2O3/c24-14-18-13-23-20-12-16(9-10-19(18)20)6-4-5-11-22-21(25)26-15-17-7-2-1-3-8-17/h1-4,6-10,12-14,23H,5,11,15H2,(H,22,25). The highest BCUT2D eigenvalue weighted by Crippen LogP contribution is 2.19. The van der Waals surface area contributed by atoms with Crippen molar-refractivity contribution in [2.75, 3.05) is 6.54 Å². The number of aromatic nitrogens is 1. The highest BCUT2D eigenvalue weighted by Gasteiger charge is 2.02. The van der Waals surface area contributed by atoms with Crippen LogP contribution in [0.5, 0.6) is 0 Å². The van der Waals surface area contributed by atoms with Crippen molar-refractivity contribution in [3.63, 3.8) is 0 Å². The lowest BCUT2D eigenvalue weighted by Gasteiger charge is -2.05. The lowest BCUT2D eigenvalue weighted by atomic mass is 10.1. The first-order valence-corrected chi connectivity index (χ1v) is 8.43. The fourth-order valence-corrected chi connectivity index (χ4v) is 2.62. The van der Waals surface area contributed by atoms with Gasteiger partial charge in [0.15, 0.2) is 6.29 Å². The summed E-state index contributed by atoms with van der Waals surface area (Å²) in [6.07, 6.45) is 6.80. The topological polar surface area (TPSA) is 71.2 Å². The first-order valence-electron chi connectivity index (χ1n) is 8.43. The molecule has 3 aromatic rings. The number of hydrogen-bond acceptors (Lipinski definition) is 3. The van der Waals surface area contributed by atoms with E-state index >= 15 is 0 Å². The van der Waals surface area contributed by atoms with Gasteiger partial charge in [-0.15, -0.1) is 0 Å². The van der Waals surface area contributed by atoms with Crippen LogP contribution in [0.4, 0.5) is 4.79 Å². The van der Waals surface area contributed by atoms with E-state index < -0.39 is 6.09 Å². The summed E-state index contributed by atoms with van der Waals surface area (Å²) in [4.78, 5) is 25.6. The second-order valence-corrected chi connectivity index (χ2v) is 5.85. The quantitative estimate of drug-likeness (QED) is 0.494. The summed E-state index contributed by atoms with van der Waals surface area (Å²) in [5, 5.41) is 3.64. The molecule has 0 spiro atoms. The molecule has 0 aliphatic carbocycles. The van der Waals surface area contributed by atoms with E-state index in [-0.39, 0.29) is 6.61 Å². The van der Waals surface area contributed by atoms with Crippen molar-refractivity contribution >= 4 is 29.4 Å². The summed E-state index contributed by atoms with van der Waals surface area (Å²) in [7, 11) is 0. The van der Waals surface area contributed by atoms with Crippen LogP contribution in [0.1, 0.15) is 27.9 Å². The Kier molecular flexibility index (Phi) is 5.83. The summed E-state index contributed by atoms with van der Waals surface area (Å²) in [6.45, 7) is 0.769. The number of fused-ring (bicyclic) bond motifs is 1. The Morgan fingerprint density at radius 1 is 1.15 bits per heavy atom. The molecular weight excluding hydrogens is 328 g/mol. The molecule has 0 bridgehead atoms. The smallest absolute Gasteiger partial charge is 0.407 e. The molecule has 2 aromatic carbocycles. The highest BCUT2D eigenvalue weighted by atomic mass is 16.5. The number of carbonyl (C=O) groups excluding carboxylic acids is 2. The number of H-pyrrole nitrogens is 1. The molecule has 0 saturated heterocycles. The number of hydrogen-bond donors (Lipinski definition) is 2. The maximum absolute atomic E-state index is 11.6. The minimum atomic E-state index is -0.420. The highest BCUT2D eigenvalue weighted by molar-refractivity contribution is 5.97. The van der Waals surface area contributed by atoms with Crippen LogP contribution in [0.2, 0.25) is 0 Å². The average Bonchev–Trinajstić information content (AvgIpc) is 3.09. The van der Waals surface area contributed by atoms with E-state index in [2.05, 4.69) is 10.3 Å². The Morgan fingerprint density at radius 2 is 2.00 bits per heavy atom. The number of benzene rings is 2. The molecule has 0 unspecified atom stereocenters. The normalized spacial score (nSPS) is 10.9. The molecule has 5 heteroatoms. The zero-order valence-corrected chi connectivity index (χ0v) is 14.3. The second kappa shape index (κ2) is 8.67. The van der Waals surface area contributed by atoms with Crippen molar-refractivity contribution in [1.82, 2.24) is 10.3 Å². The summed E-state index contributed by atoms with van der Waals surface area (Å²) in [5.74, 6) is 0. The van der Waals surface area contributed by atoms with Gasteiger partial charge in [0.25, 0.3) is 0 Å². The number of rotatable bonds is 7. The Morgan fingerprint density at radius 3 is 2.81 bits per heavy atom. The molecule has 0 fully saturated rings. The Bertz CT molecular complexity index is 913. The summed E-state index contributed by atoms with van der Waals surface area (Å²) < 4.78 is 5.15. The van der Waals surface area contributed by atoms with Gasteiger partial charge >= 0.3 is 6.09 Å². The molecule has 0 atom stereocenters. The first kappa shape index (κ1) is 17.5. The lowest BCUT2D eigenvalue weighted by Crippen LogP contribution is -2.24. The van der Waals surface area contributed by atoms with E-state index in [0.717, 1.165) is 28.3 Å². The third-order valence-electron chi connectivity index (χ3n) is 3.97. The van der Waals surface area contributed by atoms with Crippen LogP contribution in [0.25, 0.3) is 17.0 Å². The molecule has 0 saturated carbocycles. The van der Waals surface area contributed by atoms with Gasteiger partial charge in [-0.1, -0.05) is 54.6 Å². The monoisotopic (exact) mass is 348 g/mol. The van der Waals surface area contributed by atoms with Gasteiger partial charge in [0.05, 0.1) is 0 Å². The molecule has 1 heterocycles. The van der Waals surface area contributed by atoms with E-state index in [1.165, 1.54) is 0 Å². The van der Waals surface area contributed by atoms with Gasteiger partial charge in [-0.2, -0.15) is 0 Å². The maximum Gasteiger partial charge on any atom is 0.407 e. The van der Waals surface area contributed by atoms with Crippen molar-refractivity contribution in [3.05, 3.63) is 77.5 Å². The second-order valence-electron chi connectivity index (χ2n) is 5.85. The fraction of sp³-hybridized carbons (Fsp3) is 0.143. The van der Waals surface area contributed by atoms with Crippen LogP contribution in [0, 0.1) is 0 Å². The Labute approximate surface area is 151 Å². The molecule has 0 radical (unpaired) electrons. The summed E-state index contributed by atoms with van der Waals surface area (Å²) >= 11 is 0. The van der Waals surface area contributed by atoms with E-state index in [4.69, 9.17) is 4.74 Å². The molecule has 3 rings (SSSR count). The number of ether oxygens (including phenoxy) is 1. The number of aromatic amines is 1. The van der Waals surface area contributed by atoms with Crippen LogP contribution < -0.4 is 5.32 Å². The summed E-state index contributed by atoms with van der Waals surface area (Å²) in [5.41, 5.74) is 3.58. The van der Waals surface area contributed by atoms with Gasteiger partial charge in [0, 0.05) is 29.2 Å². The zero-order chi connectivity index (χ0) is 18.2. The zero-order valence-electron chi connectivity index (χ0n) is 14.3. The molecule has 5 nitrogen and oxygen atoms in total. The average molecular weight is 348 g/mol. The SMILES string of the molecule is O=Cc1c[nH]c2cc(C=CCCNC(=O)OCc3ccccc3)ccc12. The van der Waals surface area contributed by atoms with E-state index in [9.17, 15) is 9.59 Å². The third kappa shape index (κ3) is 4.60. The van der Waals surface area contributed by atoms with Gasteiger partial charge in [-0.25, -0.2) is 4.79 Å². The van der Waals surface area contributed by atoms with Crippen molar-refractivity contribution < 1.29 is 14.3 Å². The van der Waals surface area contributed by atoms with E-state index in [1.54, 1.807) is 6.20 Å². The predicted molar refractivity (Wildman–Crippen MR) is 102 cm³/mol. The molecule has 0 aliphatic heterocycles. The first-order chi connectivity index (χ1) is 12.8. The third-order valence-corrected chi connectivity index (χ3v) is 3.97. The summed E-state index contributed by atoms with van der Waals surface area (Å²) in [6, 6.07) is 15.4. The molecule has 132 valence electrons. The fourth-order valence-electron chi connectivity index (χ4n) is 2.62. The maximum atomic E-state index is 11.6. The van der Waals surface area contributed by atoms with Crippen molar-refractivity contribution in [1.29, 1.82) is 0 Å². The molecular formula is C21H20N2O3. The van der Waals surface area contributed by atoms with E-state index in [1.807, 2.05) is 60.7 Å². The van der Waals surface area contributed by atoms with E-state index in [0.29, 0.717) is 18.5 Å². The minimum Gasteiger partial charge on any atom is -0.445 e. The van der Waals surface area contributed by atoms with Crippen LogP contribution in [-0.4, -0.2) is 23.9 Å². The van der Waals surface area contributed by atoms with Gasteiger partial charge in [-0.3, -0.25) is 4.79 Å². The number of aldehydes is 1. The molecule has 0 aliphatic rings. The van der Waals surface area contributed by atoms with Gasteiger partial charge in [-0.05, 0) is 23.6 Å². The van der Waals surface area contributed by atoms with Crippen molar-refractivity contribution in [3.8, 4) is 0 Å². The number of alkyl carbamates (subject to hydrolysis) is 1. The molecule has 2 N–H and O–H groups in total. The molecule has 1 aromatic heterocycles. The van der Waals surface area contributed by atoms with Crippen LogP contribution >= 0.6 is 0 Å². The predicted octanol–water partition coefficient (Wildman–Crippen LogP) is 4.31. The molecule has 1 amide bonds. The Balaban J connectivity index is 1.41. The lowest BCUT2D eigenvalue weighted by molar-refractivity contribution is 0.112. The van der Waals surface area contributed by atoms with Crippen molar-refractivity contribution in [2.24, 2.45) is 0 Å². The largest absolute Gasteiger partial charge is 0.445 e. The number of amides is 1. The number of nitrogens with one attached hydrogen (secondary N) is 2.